The van der Waals surface area contributed by atoms with Crippen molar-refractivity contribution in [2.24, 2.45) is 0 Å². The van der Waals surface area contributed by atoms with Gasteiger partial charge in [-0.15, -0.1) is 6.42 Å². The van der Waals surface area contributed by atoms with Crippen LogP contribution in [0.15, 0.2) is 54.7 Å². The number of ether oxygens (including phenoxy) is 2. The first-order valence-electron chi connectivity index (χ1n) is 12.8. The molecule has 1 aliphatic rings. The molecule has 10 heteroatoms. The Balaban J connectivity index is 1.71. The summed E-state index contributed by atoms with van der Waals surface area (Å²) in [5.74, 6) is 2.57. The van der Waals surface area contributed by atoms with Crippen molar-refractivity contribution < 1.29 is 24.5 Å². The Morgan fingerprint density at radius 2 is 2.12 bits per heavy atom. The van der Waals surface area contributed by atoms with Crippen molar-refractivity contribution in [1.29, 1.82) is 5.26 Å². The summed E-state index contributed by atoms with van der Waals surface area (Å²) >= 11 is 0. The van der Waals surface area contributed by atoms with E-state index < -0.39 is 18.4 Å². The third-order valence-corrected chi connectivity index (χ3v) is 6.37. The normalized spacial score (nSPS) is 16.4. The van der Waals surface area contributed by atoms with Gasteiger partial charge in [0.15, 0.2) is 0 Å². The Bertz CT molecular complexity index is 1470. The molecule has 1 aromatic heterocycles. The van der Waals surface area contributed by atoms with Gasteiger partial charge in [0, 0.05) is 47.9 Å². The fraction of sp³-hybridized carbons (Fsp3) is 0.300. The second kappa shape index (κ2) is 13.1. The van der Waals surface area contributed by atoms with Crippen molar-refractivity contribution >= 4 is 33.9 Å². The van der Waals surface area contributed by atoms with Gasteiger partial charge in [0.05, 0.1) is 35.7 Å². The Hall–Kier alpha value is -4.45. The van der Waals surface area contributed by atoms with Gasteiger partial charge in [0.2, 0.25) is 5.91 Å². The maximum atomic E-state index is 12.9. The summed E-state index contributed by atoms with van der Waals surface area (Å²) in [7, 11) is 0. The standard InChI is InChI=1S/C30H31N5O5/c1-4-21-7-5-8-23(13-21)33-30-22(16-31)17-32-26-15-28(40-24-10-12-39-18-24)27(14-25(26)30)34-29(38)9-6-11-35(19(2)36)20(3)37/h1,5-9,13-15,17,19-20,24,36-37H,10-12,18H2,2-3H3,(H,32,33)(H,34,38)/b9-6+. The Labute approximate surface area is 232 Å². The fourth-order valence-corrected chi connectivity index (χ4v) is 4.32. The van der Waals surface area contributed by atoms with Crippen molar-refractivity contribution in [2.75, 3.05) is 30.4 Å². The van der Waals surface area contributed by atoms with E-state index in [0.29, 0.717) is 64.5 Å². The predicted molar refractivity (Wildman–Crippen MR) is 152 cm³/mol. The molecule has 1 aliphatic heterocycles. The predicted octanol–water partition coefficient (Wildman–Crippen LogP) is 3.47. The van der Waals surface area contributed by atoms with E-state index in [2.05, 4.69) is 27.6 Å². The Morgan fingerprint density at radius 1 is 1.32 bits per heavy atom. The lowest BCUT2D eigenvalue weighted by Crippen LogP contribution is -2.40. The average molecular weight is 542 g/mol. The monoisotopic (exact) mass is 541 g/mol. The lowest BCUT2D eigenvalue weighted by molar-refractivity contribution is -0.112. The molecule has 206 valence electrons. The zero-order valence-corrected chi connectivity index (χ0v) is 22.3. The largest absolute Gasteiger partial charge is 0.486 e. The van der Waals surface area contributed by atoms with Crippen LogP contribution in [0, 0.1) is 23.7 Å². The summed E-state index contributed by atoms with van der Waals surface area (Å²) in [5, 5.41) is 36.2. The molecular weight excluding hydrogens is 510 g/mol. The molecule has 0 aliphatic carbocycles. The molecular formula is C30H31N5O5. The lowest BCUT2D eigenvalue weighted by atomic mass is 10.1. The number of carbonyl (C=O) groups excluding carboxylic acids is 1. The number of fused-ring (bicyclic) bond motifs is 1. The van der Waals surface area contributed by atoms with Gasteiger partial charge in [-0.25, -0.2) is 4.90 Å². The van der Waals surface area contributed by atoms with Gasteiger partial charge in [-0.2, -0.15) is 5.26 Å². The quantitative estimate of drug-likeness (QED) is 0.173. The number of terminal acetylenes is 1. The van der Waals surface area contributed by atoms with E-state index in [9.17, 15) is 20.3 Å². The molecule has 2 aromatic carbocycles. The van der Waals surface area contributed by atoms with E-state index in [1.807, 2.05) is 12.1 Å². The van der Waals surface area contributed by atoms with E-state index >= 15 is 0 Å². The number of aromatic nitrogens is 1. The van der Waals surface area contributed by atoms with Gasteiger partial charge in [0.1, 0.15) is 30.4 Å². The number of benzene rings is 2. The number of amides is 1. The number of hydrogen-bond donors (Lipinski definition) is 4. The van der Waals surface area contributed by atoms with Crippen LogP contribution in [0.5, 0.6) is 5.75 Å². The molecule has 3 aromatic rings. The van der Waals surface area contributed by atoms with Gasteiger partial charge in [-0.3, -0.25) is 9.78 Å². The number of nitrogens with zero attached hydrogens (tertiary/aromatic N) is 3. The zero-order chi connectivity index (χ0) is 28.6. The highest BCUT2D eigenvalue weighted by molar-refractivity contribution is 6.04. The number of rotatable bonds is 10. The van der Waals surface area contributed by atoms with Gasteiger partial charge in [0.25, 0.3) is 0 Å². The minimum Gasteiger partial charge on any atom is -0.486 e. The minimum atomic E-state index is -0.893. The summed E-state index contributed by atoms with van der Waals surface area (Å²) in [5.41, 5.74) is 3.13. The highest BCUT2D eigenvalue weighted by Crippen LogP contribution is 2.37. The van der Waals surface area contributed by atoms with Crippen LogP contribution in [0.25, 0.3) is 10.9 Å². The number of hydrogen-bond acceptors (Lipinski definition) is 9. The van der Waals surface area contributed by atoms with Crippen molar-refractivity contribution in [2.45, 2.75) is 38.8 Å². The molecule has 0 saturated carbocycles. The molecule has 2 heterocycles. The molecule has 1 fully saturated rings. The molecule has 0 spiro atoms. The topological polar surface area (TPSA) is 140 Å². The van der Waals surface area contributed by atoms with Gasteiger partial charge in [-0.05, 0) is 38.1 Å². The van der Waals surface area contributed by atoms with Crippen LogP contribution in [0.2, 0.25) is 0 Å². The number of nitriles is 1. The molecule has 10 nitrogen and oxygen atoms in total. The van der Waals surface area contributed by atoms with Gasteiger partial charge in [-0.1, -0.05) is 18.1 Å². The summed E-state index contributed by atoms with van der Waals surface area (Å²) in [6.45, 7) is 4.23. The third kappa shape index (κ3) is 6.94. The number of pyridine rings is 1. The van der Waals surface area contributed by atoms with Crippen molar-refractivity contribution in [3.05, 3.63) is 65.9 Å². The van der Waals surface area contributed by atoms with Gasteiger partial charge >= 0.3 is 0 Å². The van der Waals surface area contributed by atoms with Crippen LogP contribution >= 0.6 is 0 Å². The van der Waals surface area contributed by atoms with Gasteiger partial charge < -0.3 is 30.3 Å². The molecule has 0 bridgehead atoms. The maximum absolute atomic E-state index is 12.9. The van der Waals surface area contributed by atoms with E-state index in [1.165, 1.54) is 31.0 Å². The maximum Gasteiger partial charge on any atom is 0.248 e. The van der Waals surface area contributed by atoms with Crippen LogP contribution in [-0.2, 0) is 9.53 Å². The molecule has 3 unspecified atom stereocenters. The van der Waals surface area contributed by atoms with E-state index in [4.69, 9.17) is 15.9 Å². The van der Waals surface area contributed by atoms with E-state index in [1.54, 1.807) is 30.3 Å². The van der Waals surface area contributed by atoms with E-state index in [0.717, 1.165) is 0 Å². The number of aliphatic hydroxyl groups excluding tert-OH is 2. The second-order valence-corrected chi connectivity index (χ2v) is 9.33. The van der Waals surface area contributed by atoms with Crippen molar-refractivity contribution in [3.8, 4) is 24.2 Å². The van der Waals surface area contributed by atoms with Crippen LogP contribution in [0.3, 0.4) is 0 Å². The highest BCUT2D eigenvalue weighted by atomic mass is 16.5. The molecule has 3 atom stereocenters. The van der Waals surface area contributed by atoms with E-state index in [-0.39, 0.29) is 12.6 Å². The van der Waals surface area contributed by atoms with Crippen molar-refractivity contribution in [3.63, 3.8) is 0 Å². The molecule has 1 amide bonds. The van der Waals surface area contributed by atoms with Crippen LogP contribution < -0.4 is 15.4 Å². The van der Waals surface area contributed by atoms with Crippen LogP contribution in [0.1, 0.15) is 31.4 Å². The first-order valence-corrected chi connectivity index (χ1v) is 12.8. The number of nitrogens with one attached hydrogen (secondary N) is 2. The minimum absolute atomic E-state index is 0.156. The average Bonchev–Trinajstić information content (AvgIpc) is 3.44. The summed E-state index contributed by atoms with van der Waals surface area (Å²) in [6.07, 6.45) is 8.63. The number of aliphatic hydroxyl groups is 2. The molecule has 4 rings (SSSR count). The first-order chi connectivity index (χ1) is 19.3. The second-order valence-electron chi connectivity index (χ2n) is 9.33. The molecule has 40 heavy (non-hydrogen) atoms. The Kier molecular flexibility index (Phi) is 9.33. The smallest absolute Gasteiger partial charge is 0.248 e. The zero-order valence-electron chi connectivity index (χ0n) is 22.3. The third-order valence-electron chi connectivity index (χ3n) is 6.37. The molecule has 4 N–H and O–H groups in total. The Morgan fingerprint density at radius 3 is 2.80 bits per heavy atom. The fourth-order valence-electron chi connectivity index (χ4n) is 4.32. The summed E-state index contributed by atoms with van der Waals surface area (Å²) in [6, 6.07) is 12.9. The first kappa shape index (κ1) is 28.6. The number of carbonyl (C=O) groups is 1. The van der Waals surface area contributed by atoms with Crippen LogP contribution in [-0.4, -0.2) is 64.3 Å². The number of anilines is 3. The summed E-state index contributed by atoms with van der Waals surface area (Å²) in [4.78, 5) is 18.8. The molecule has 1 saturated heterocycles. The SMILES string of the molecule is C#Cc1cccc(Nc2c(C#N)cnc3cc(OC4CCOC4)c(NC(=O)/C=C/CN(C(C)O)C(C)O)cc23)c1. The lowest BCUT2D eigenvalue weighted by Gasteiger charge is -2.26. The highest BCUT2D eigenvalue weighted by Gasteiger charge is 2.21. The van der Waals surface area contributed by atoms with Crippen LogP contribution in [0.4, 0.5) is 17.1 Å². The molecule has 0 radical (unpaired) electrons. The summed E-state index contributed by atoms with van der Waals surface area (Å²) < 4.78 is 11.6. The van der Waals surface area contributed by atoms with Crippen molar-refractivity contribution in [1.82, 2.24) is 9.88 Å².